The van der Waals surface area contributed by atoms with E-state index >= 15 is 0 Å². The first-order valence-corrected chi connectivity index (χ1v) is 11.0. The van der Waals surface area contributed by atoms with Crippen molar-refractivity contribution in [3.8, 4) is 0 Å². The van der Waals surface area contributed by atoms with Crippen LogP contribution in [-0.4, -0.2) is 50.2 Å². The lowest BCUT2D eigenvalue weighted by molar-refractivity contribution is -0.151. The van der Waals surface area contributed by atoms with E-state index < -0.39 is 28.9 Å². The molecule has 0 unspecified atom stereocenters. The molecule has 0 radical (unpaired) electrons. The second-order valence-electron chi connectivity index (χ2n) is 8.35. The number of carboxylic acids is 1. The predicted octanol–water partition coefficient (Wildman–Crippen LogP) is 4.34. The third-order valence-corrected chi connectivity index (χ3v) is 6.40. The van der Waals surface area contributed by atoms with Crippen molar-refractivity contribution in [2.75, 3.05) is 18.4 Å². The summed E-state index contributed by atoms with van der Waals surface area (Å²) in [5, 5.41) is 19.3. The molecule has 178 valence electrons. The molecule has 0 spiro atoms. The Morgan fingerprint density at radius 1 is 1.21 bits per heavy atom. The van der Waals surface area contributed by atoms with E-state index in [1.807, 2.05) is 0 Å². The number of carboxylic acid groups (broad SMARTS) is 1. The largest absolute Gasteiger partial charge is 0.481 e. The number of carbonyl (C=O) groups excluding carboxylic acids is 1. The molecule has 1 aliphatic heterocycles. The third-order valence-electron chi connectivity index (χ3n) is 6.02. The predicted molar refractivity (Wildman–Crippen MR) is 121 cm³/mol. The lowest BCUT2D eigenvalue weighted by atomic mass is 9.74. The van der Waals surface area contributed by atoms with Crippen LogP contribution in [0.3, 0.4) is 0 Å². The van der Waals surface area contributed by atoms with E-state index in [1.165, 1.54) is 29.2 Å². The van der Waals surface area contributed by atoms with E-state index in [0.717, 1.165) is 11.8 Å². The summed E-state index contributed by atoms with van der Waals surface area (Å²) in [6.07, 6.45) is 0.364. The first-order valence-electron chi connectivity index (χ1n) is 10.6. The minimum absolute atomic E-state index is 0.0361. The SMILES string of the molecule is Cc1cc(Nc2nc(CC3(C(=O)O)CCN(C(=O)c4cccc(F)c4Cl)CC3)ccc2F)n[nH]1. The van der Waals surface area contributed by atoms with Crippen LogP contribution in [0.4, 0.5) is 20.4 Å². The Hall–Kier alpha value is -3.53. The molecule has 0 bridgehead atoms. The number of H-pyrrole nitrogens is 1. The van der Waals surface area contributed by atoms with E-state index in [0.29, 0.717) is 11.5 Å². The van der Waals surface area contributed by atoms with E-state index in [2.05, 4.69) is 20.5 Å². The van der Waals surface area contributed by atoms with Gasteiger partial charge in [0.2, 0.25) is 0 Å². The molecule has 3 aromatic rings. The fraction of sp³-hybridized carbons (Fsp3) is 0.304. The highest BCUT2D eigenvalue weighted by atomic mass is 35.5. The van der Waals surface area contributed by atoms with Crippen LogP contribution in [0.1, 0.15) is 34.6 Å². The minimum Gasteiger partial charge on any atom is -0.481 e. The topological polar surface area (TPSA) is 111 Å². The van der Waals surface area contributed by atoms with Crippen LogP contribution in [0.15, 0.2) is 36.4 Å². The van der Waals surface area contributed by atoms with E-state index in [4.69, 9.17) is 11.6 Å². The van der Waals surface area contributed by atoms with Crippen LogP contribution >= 0.6 is 11.6 Å². The Morgan fingerprint density at radius 3 is 2.59 bits per heavy atom. The standard InChI is InChI=1S/C23H22ClF2N5O3/c1-13-11-18(30-29-13)28-20-17(26)6-5-14(27-20)12-23(22(33)34)7-9-31(10-8-23)21(32)15-3-2-4-16(25)19(15)24/h2-6,11H,7-10,12H2,1H3,(H,33,34)(H2,27,28,29,30). The fourth-order valence-electron chi connectivity index (χ4n) is 4.06. The van der Waals surface area contributed by atoms with Gasteiger partial charge in [-0.2, -0.15) is 5.10 Å². The monoisotopic (exact) mass is 489 g/mol. The van der Waals surface area contributed by atoms with Gasteiger partial charge in [0.05, 0.1) is 16.0 Å². The second-order valence-corrected chi connectivity index (χ2v) is 8.73. The van der Waals surface area contributed by atoms with Gasteiger partial charge in [0.1, 0.15) is 5.82 Å². The Morgan fingerprint density at radius 2 is 1.94 bits per heavy atom. The van der Waals surface area contributed by atoms with Crippen molar-refractivity contribution in [1.82, 2.24) is 20.1 Å². The number of hydrogen-bond acceptors (Lipinski definition) is 5. The first kappa shape index (κ1) is 23.6. The van der Waals surface area contributed by atoms with Gasteiger partial charge in [-0.3, -0.25) is 14.7 Å². The smallest absolute Gasteiger partial charge is 0.310 e. The van der Waals surface area contributed by atoms with Crippen LogP contribution < -0.4 is 5.32 Å². The Balaban J connectivity index is 1.50. The number of benzene rings is 1. The molecule has 11 heteroatoms. The fourth-order valence-corrected chi connectivity index (χ4v) is 4.27. The lowest BCUT2D eigenvalue weighted by Crippen LogP contribution is -2.47. The maximum absolute atomic E-state index is 14.3. The normalized spacial score (nSPS) is 15.2. The number of aromatic amines is 1. The number of carbonyl (C=O) groups is 2. The summed E-state index contributed by atoms with van der Waals surface area (Å²) >= 11 is 5.94. The molecule has 3 N–H and O–H groups in total. The summed E-state index contributed by atoms with van der Waals surface area (Å²) in [6.45, 7) is 2.10. The average molecular weight is 490 g/mol. The summed E-state index contributed by atoms with van der Waals surface area (Å²) in [7, 11) is 0. The van der Waals surface area contributed by atoms with Crippen molar-refractivity contribution in [1.29, 1.82) is 0 Å². The summed E-state index contributed by atoms with van der Waals surface area (Å²) in [5.74, 6) is -2.44. The van der Waals surface area contributed by atoms with Gasteiger partial charge in [0.25, 0.3) is 5.91 Å². The highest BCUT2D eigenvalue weighted by Crippen LogP contribution is 2.36. The zero-order valence-electron chi connectivity index (χ0n) is 18.2. The minimum atomic E-state index is -1.19. The van der Waals surface area contributed by atoms with Crippen molar-refractivity contribution in [2.45, 2.75) is 26.2 Å². The van der Waals surface area contributed by atoms with E-state index in [-0.39, 0.29) is 48.8 Å². The van der Waals surface area contributed by atoms with Crippen molar-refractivity contribution >= 4 is 35.1 Å². The zero-order chi connectivity index (χ0) is 24.5. The molecular weight excluding hydrogens is 468 g/mol. The number of nitrogens with one attached hydrogen (secondary N) is 2. The second kappa shape index (κ2) is 9.38. The van der Waals surface area contributed by atoms with Crippen molar-refractivity contribution in [3.63, 3.8) is 0 Å². The molecule has 3 heterocycles. The molecule has 2 aromatic heterocycles. The number of aromatic nitrogens is 3. The number of amides is 1. The number of piperidine rings is 1. The van der Waals surface area contributed by atoms with Crippen LogP contribution in [-0.2, 0) is 11.2 Å². The molecule has 34 heavy (non-hydrogen) atoms. The number of anilines is 2. The van der Waals surface area contributed by atoms with Gasteiger partial charge in [0, 0.05) is 37.0 Å². The highest BCUT2D eigenvalue weighted by Gasteiger charge is 2.43. The van der Waals surface area contributed by atoms with E-state index in [1.54, 1.807) is 13.0 Å². The van der Waals surface area contributed by atoms with Gasteiger partial charge < -0.3 is 15.3 Å². The van der Waals surface area contributed by atoms with Gasteiger partial charge in [-0.15, -0.1) is 0 Å². The number of likely N-dealkylation sites (tertiary alicyclic amines) is 1. The number of nitrogens with zero attached hydrogens (tertiary/aromatic N) is 3. The van der Waals surface area contributed by atoms with Gasteiger partial charge >= 0.3 is 5.97 Å². The van der Waals surface area contributed by atoms with Crippen molar-refractivity contribution in [2.24, 2.45) is 5.41 Å². The summed E-state index contributed by atoms with van der Waals surface area (Å²) < 4.78 is 28.0. The number of halogens is 3. The summed E-state index contributed by atoms with van der Waals surface area (Å²) in [4.78, 5) is 30.8. The van der Waals surface area contributed by atoms with E-state index in [9.17, 15) is 23.5 Å². The van der Waals surface area contributed by atoms with Crippen LogP contribution in [0.25, 0.3) is 0 Å². The molecule has 0 aliphatic carbocycles. The van der Waals surface area contributed by atoms with Crippen LogP contribution in [0.2, 0.25) is 5.02 Å². The summed E-state index contributed by atoms with van der Waals surface area (Å²) in [6, 6.07) is 8.36. The van der Waals surface area contributed by atoms with Crippen molar-refractivity contribution < 1.29 is 23.5 Å². The Labute approximate surface area is 199 Å². The van der Waals surface area contributed by atoms with Gasteiger partial charge in [-0.25, -0.2) is 13.8 Å². The Kier molecular flexibility index (Phi) is 6.52. The van der Waals surface area contributed by atoms with Crippen molar-refractivity contribution in [3.05, 3.63) is 70.0 Å². The third kappa shape index (κ3) is 4.72. The molecule has 1 amide bonds. The molecular formula is C23H22ClF2N5O3. The number of rotatable bonds is 6. The maximum atomic E-state index is 14.3. The number of pyridine rings is 1. The molecule has 1 saturated heterocycles. The van der Waals surface area contributed by atoms with Gasteiger partial charge in [0.15, 0.2) is 17.5 Å². The maximum Gasteiger partial charge on any atom is 0.310 e. The van der Waals surface area contributed by atoms with Gasteiger partial charge in [-0.1, -0.05) is 17.7 Å². The molecule has 0 atom stereocenters. The number of aryl methyl sites for hydroxylation is 1. The quantitative estimate of drug-likeness (QED) is 0.475. The molecule has 1 aromatic carbocycles. The zero-order valence-corrected chi connectivity index (χ0v) is 19.0. The molecule has 1 fully saturated rings. The number of aliphatic carboxylic acids is 1. The summed E-state index contributed by atoms with van der Waals surface area (Å²) in [5.41, 5.74) is 0.0262. The van der Waals surface area contributed by atoms with Gasteiger partial charge in [-0.05, 0) is 44.0 Å². The molecule has 1 aliphatic rings. The first-order chi connectivity index (χ1) is 16.2. The lowest BCUT2D eigenvalue weighted by Gasteiger charge is -2.39. The van der Waals surface area contributed by atoms with Crippen LogP contribution in [0, 0.1) is 24.0 Å². The molecule has 8 nitrogen and oxygen atoms in total. The highest BCUT2D eigenvalue weighted by molar-refractivity contribution is 6.34. The number of hydrogen-bond donors (Lipinski definition) is 3. The molecule has 0 saturated carbocycles. The molecule has 4 rings (SSSR count). The average Bonchev–Trinajstić information content (AvgIpc) is 3.22. The Bertz CT molecular complexity index is 1240. The van der Waals surface area contributed by atoms with Crippen LogP contribution in [0.5, 0.6) is 0 Å².